The molecule has 2 aromatic rings. The fourth-order valence-electron chi connectivity index (χ4n) is 5.37. The minimum Gasteiger partial charge on any atom is -0.508 e. The summed E-state index contributed by atoms with van der Waals surface area (Å²) in [6.45, 7) is 11.1. The third kappa shape index (κ3) is 4.22. The lowest BCUT2D eigenvalue weighted by molar-refractivity contribution is 0.0297. The lowest BCUT2D eigenvalue weighted by Gasteiger charge is -2.30. The first kappa shape index (κ1) is 20.4. The van der Waals surface area contributed by atoms with Gasteiger partial charge < -0.3 is 10.2 Å². The van der Waals surface area contributed by atoms with E-state index in [1.807, 2.05) is 12.1 Å². The Hall–Kier alpha value is -1.84. The highest BCUT2D eigenvalue weighted by Crippen LogP contribution is 2.49. The van der Waals surface area contributed by atoms with Gasteiger partial charge in [0.2, 0.25) is 0 Å². The molecule has 3 heteroatoms. The third-order valence-corrected chi connectivity index (χ3v) is 7.18. The highest BCUT2D eigenvalue weighted by molar-refractivity contribution is 5.32. The number of nitrogens with zero attached hydrogens (tertiary/aromatic N) is 1. The van der Waals surface area contributed by atoms with Crippen molar-refractivity contribution in [1.82, 2.24) is 4.90 Å². The second-order valence-electron chi connectivity index (χ2n) is 10.5. The van der Waals surface area contributed by atoms with Crippen LogP contribution in [0.2, 0.25) is 0 Å². The summed E-state index contributed by atoms with van der Waals surface area (Å²) in [6.07, 6.45) is 2.74. The van der Waals surface area contributed by atoms with E-state index < -0.39 is 5.60 Å². The molecule has 2 aromatic carbocycles. The van der Waals surface area contributed by atoms with Crippen molar-refractivity contribution in [3.63, 3.8) is 0 Å². The normalized spacial score (nSPS) is 28.4. The van der Waals surface area contributed by atoms with Crippen molar-refractivity contribution in [1.29, 1.82) is 0 Å². The lowest BCUT2D eigenvalue weighted by atomic mass is 9.84. The monoisotopic (exact) mass is 393 g/mol. The first-order chi connectivity index (χ1) is 13.6. The van der Waals surface area contributed by atoms with Crippen LogP contribution in [0.5, 0.6) is 5.75 Å². The van der Waals surface area contributed by atoms with Gasteiger partial charge in [0.05, 0.1) is 5.60 Å². The van der Waals surface area contributed by atoms with Crippen LogP contribution in [0.1, 0.15) is 57.2 Å². The number of aliphatic hydroxyl groups is 1. The molecule has 1 heterocycles. The molecule has 0 amide bonds. The highest BCUT2D eigenvalue weighted by Gasteiger charge is 2.49. The number of likely N-dealkylation sites (tertiary alicyclic amines) is 1. The molecule has 2 fully saturated rings. The van der Waals surface area contributed by atoms with Gasteiger partial charge in [-0.3, -0.25) is 4.90 Å². The van der Waals surface area contributed by atoms with E-state index in [0.717, 1.165) is 37.9 Å². The average molecular weight is 394 g/mol. The summed E-state index contributed by atoms with van der Waals surface area (Å²) < 4.78 is 0. The number of phenols is 1. The van der Waals surface area contributed by atoms with Gasteiger partial charge in [-0.1, -0.05) is 57.2 Å². The number of aromatic hydroxyl groups is 1. The van der Waals surface area contributed by atoms with Crippen LogP contribution in [-0.4, -0.2) is 34.2 Å². The Morgan fingerprint density at radius 3 is 2.03 bits per heavy atom. The van der Waals surface area contributed by atoms with Crippen molar-refractivity contribution in [2.24, 2.45) is 11.8 Å². The number of hydrogen-bond donors (Lipinski definition) is 2. The molecule has 2 N–H and O–H groups in total. The highest BCUT2D eigenvalue weighted by atomic mass is 16.3. The van der Waals surface area contributed by atoms with Gasteiger partial charge in [0.15, 0.2) is 0 Å². The summed E-state index contributed by atoms with van der Waals surface area (Å²) in [5.41, 5.74) is 3.14. The molecule has 0 bridgehead atoms. The number of rotatable bonds is 4. The van der Waals surface area contributed by atoms with Gasteiger partial charge in [-0.25, -0.2) is 0 Å². The van der Waals surface area contributed by atoms with Crippen molar-refractivity contribution in [3.05, 3.63) is 65.2 Å². The molecule has 1 saturated carbocycles. The van der Waals surface area contributed by atoms with Crippen molar-refractivity contribution in [3.8, 4) is 5.75 Å². The first-order valence-corrected chi connectivity index (χ1v) is 11.0. The smallest absolute Gasteiger partial charge is 0.115 e. The molecule has 0 radical (unpaired) electrons. The molecule has 1 aliphatic carbocycles. The molecular weight excluding hydrogens is 358 g/mol. The SMILES string of the molecule is CC(Cc1ccc(O)cc1)N1C[C@@H]2C[C@@](O)(c3ccc(C(C)(C)C)cc3)C[C@@H]2C1. The molecule has 3 nitrogen and oxygen atoms in total. The van der Waals surface area contributed by atoms with Gasteiger partial charge in [0.25, 0.3) is 0 Å². The van der Waals surface area contributed by atoms with Gasteiger partial charge in [-0.05, 0) is 72.3 Å². The fraction of sp³-hybridized carbons (Fsp3) is 0.538. The first-order valence-electron chi connectivity index (χ1n) is 11.0. The fourth-order valence-corrected chi connectivity index (χ4v) is 5.37. The minimum atomic E-state index is -0.669. The van der Waals surface area contributed by atoms with E-state index in [9.17, 15) is 10.2 Å². The Balaban J connectivity index is 1.38. The number of fused-ring (bicyclic) bond motifs is 1. The topological polar surface area (TPSA) is 43.7 Å². The standard InChI is InChI=1S/C26H35NO2/c1-18(13-19-5-11-24(28)12-6-19)27-16-20-14-26(29,15-21(20)17-27)23-9-7-22(8-10-23)25(2,3)4/h5-12,18,20-21,28-29H,13-17H2,1-4H3/t18?,20-,21+,26-. The molecule has 1 saturated heterocycles. The molecule has 4 atom stereocenters. The molecule has 2 aliphatic rings. The van der Waals surface area contributed by atoms with E-state index in [4.69, 9.17) is 0 Å². The van der Waals surface area contributed by atoms with E-state index in [1.165, 1.54) is 11.1 Å². The second kappa shape index (κ2) is 7.45. The Kier molecular flexibility index (Phi) is 5.25. The van der Waals surface area contributed by atoms with E-state index in [2.05, 4.69) is 56.9 Å². The molecular formula is C26H35NO2. The predicted octanol–water partition coefficient (Wildman–Crippen LogP) is 4.85. The van der Waals surface area contributed by atoms with Gasteiger partial charge in [-0.15, -0.1) is 0 Å². The Bertz CT molecular complexity index is 821. The maximum absolute atomic E-state index is 11.4. The average Bonchev–Trinajstić information content (AvgIpc) is 3.19. The van der Waals surface area contributed by atoms with Crippen LogP contribution in [0.25, 0.3) is 0 Å². The quantitative estimate of drug-likeness (QED) is 0.780. The number of benzene rings is 2. The molecule has 1 unspecified atom stereocenters. The Morgan fingerprint density at radius 2 is 1.52 bits per heavy atom. The summed E-state index contributed by atoms with van der Waals surface area (Å²) in [5.74, 6) is 1.47. The number of phenolic OH excluding ortho intramolecular Hbond substituents is 1. The maximum atomic E-state index is 11.4. The third-order valence-electron chi connectivity index (χ3n) is 7.18. The van der Waals surface area contributed by atoms with Crippen LogP contribution >= 0.6 is 0 Å². The summed E-state index contributed by atoms with van der Waals surface area (Å²) in [6, 6.07) is 16.7. The van der Waals surface area contributed by atoms with Gasteiger partial charge >= 0.3 is 0 Å². The van der Waals surface area contributed by atoms with E-state index in [-0.39, 0.29) is 5.41 Å². The van der Waals surface area contributed by atoms with Crippen LogP contribution in [0.15, 0.2) is 48.5 Å². The van der Waals surface area contributed by atoms with Crippen molar-refractivity contribution in [2.45, 2.75) is 64.0 Å². The predicted molar refractivity (Wildman–Crippen MR) is 118 cm³/mol. The molecule has 29 heavy (non-hydrogen) atoms. The summed E-state index contributed by atoms with van der Waals surface area (Å²) >= 11 is 0. The summed E-state index contributed by atoms with van der Waals surface area (Å²) in [7, 11) is 0. The Labute approximate surface area is 175 Å². The van der Waals surface area contributed by atoms with Crippen molar-refractivity contribution >= 4 is 0 Å². The van der Waals surface area contributed by atoms with Crippen LogP contribution in [0.3, 0.4) is 0 Å². The lowest BCUT2D eigenvalue weighted by Crippen LogP contribution is -2.35. The van der Waals surface area contributed by atoms with Crippen molar-refractivity contribution in [2.75, 3.05) is 13.1 Å². The zero-order valence-corrected chi connectivity index (χ0v) is 18.2. The Morgan fingerprint density at radius 1 is 0.966 bits per heavy atom. The van der Waals surface area contributed by atoms with Gasteiger partial charge in [0.1, 0.15) is 5.75 Å². The zero-order valence-electron chi connectivity index (χ0n) is 18.2. The summed E-state index contributed by atoms with van der Waals surface area (Å²) in [5, 5.41) is 20.9. The van der Waals surface area contributed by atoms with E-state index in [0.29, 0.717) is 23.6 Å². The van der Waals surface area contributed by atoms with Crippen molar-refractivity contribution < 1.29 is 10.2 Å². The van der Waals surface area contributed by atoms with Crippen LogP contribution in [0, 0.1) is 11.8 Å². The maximum Gasteiger partial charge on any atom is 0.115 e. The summed E-state index contributed by atoms with van der Waals surface area (Å²) in [4.78, 5) is 2.59. The molecule has 4 rings (SSSR count). The van der Waals surface area contributed by atoms with Crippen LogP contribution < -0.4 is 0 Å². The van der Waals surface area contributed by atoms with E-state index >= 15 is 0 Å². The minimum absolute atomic E-state index is 0.140. The molecule has 1 aliphatic heterocycles. The van der Waals surface area contributed by atoms with Crippen LogP contribution in [0.4, 0.5) is 0 Å². The van der Waals surface area contributed by atoms with E-state index in [1.54, 1.807) is 12.1 Å². The largest absolute Gasteiger partial charge is 0.508 e. The zero-order chi connectivity index (χ0) is 20.8. The number of hydrogen-bond acceptors (Lipinski definition) is 3. The van der Waals surface area contributed by atoms with Crippen LogP contribution in [-0.2, 0) is 17.4 Å². The molecule has 0 aromatic heterocycles. The second-order valence-corrected chi connectivity index (χ2v) is 10.5. The van der Waals surface area contributed by atoms with Gasteiger partial charge in [-0.2, -0.15) is 0 Å². The molecule has 0 spiro atoms. The van der Waals surface area contributed by atoms with Gasteiger partial charge in [0, 0.05) is 19.1 Å². The molecule has 156 valence electrons.